The Morgan fingerprint density at radius 2 is 1.97 bits per heavy atom. The molecular weight excluding hydrogens is 503 g/mol. The van der Waals surface area contributed by atoms with Gasteiger partial charge in [-0.15, -0.1) is 0 Å². The second-order valence-corrected chi connectivity index (χ2v) is 9.24. The Labute approximate surface area is 222 Å². The molecule has 1 aliphatic heterocycles. The maximum Gasteiger partial charge on any atom is 0.439 e. The van der Waals surface area contributed by atoms with Gasteiger partial charge < -0.3 is 18.8 Å². The molecule has 10 heteroatoms. The largest absolute Gasteiger partial charge is 0.494 e. The van der Waals surface area contributed by atoms with Crippen molar-refractivity contribution in [2.45, 2.75) is 26.7 Å². The zero-order chi connectivity index (χ0) is 27.1. The number of rotatable bonds is 6. The summed E-state index contributed by atoms with van der Waals surface area (Å²) in [5.41, 5.74) is 6.61. The number of nitrogens with zero attached hydrogens (tertiary/aromatic N) is 3. The van der Waals surface area contributed by atoms with Crippen LogP contribution < -0.4 is 15.2 Å². The molecule has 0 radical (unpaired) electrons. The average molecular weight is 529 g/mol. The molecule has 1 aliphatic rings. The summed E-state index contributed by atoms with van der Waals surface area (Å²) in [7, 11) is 3.28. The van der Waals surface area contributed by atoms with E-state index in [1.165, 1.54) is 12.1 Å². The highest BCUT2D eigenvalue weighted by Crippen LogP contribution is 2.41. The van der Waals surface area contributed by atoms with Crippen LogP contribution in [0, 0.1) is 5.82 Å². The number of aromatic nitrogens is 4. The summed E-state index contributed by atoms with van der Waals surface area (Å²) in [6.45, 7) is 2.92. The van der Waals surface area contributed by atoms with Crippen molar-refractivity contribution in [2.75, 3.05) is 14.2 Å². The van der Waals surface area contributed by atoms with Gasteiger partial charge in [-0.05, 0) is 59.5 Å². The Morgan fingerprint density at radius 3 is 2.74 bits per heavy atom. The van der Waals surface area contributed by atoms with Crippen LogP contribution in [0.4, 0.5) is 4.39 Å². The van der Waals surface area contributed by atoms with Gasteiger partial charge in [0, 0.05) is 30.9 Å². The number of hydrogen-bond donors (Lipinski definition) is 1. The van der Waals surface area contributed by atoms with Crippen LogP contribution in [0.15, 0.2) is 63.9 Å². The first kappa shape index (κ1) is 24.6. The van der Waals surface area contributed by atoms with E-state index < -0.39 is 11.6 Å². The van der Waals surface area contributed by atoms with Gasteiger partial charge in [0.1, 0.15) is 41.9 Å². The molecule has 0 unspecified atom stereocenters. The number of H-pyrrole nitrogens is 1. The molecule has 3 aromatic carbocycles. The van der Waals surface area contributed by atoms with Crippen LogP contribution in [0.1, 0.15) is 40.8 Å². The molecule has 39 heavy (non-hydrogen) atoms. The molecule has 0 atom stereocenters. The van der Waals surface area contributed by atoms with Gasteiger partial charge in [-0.3, -0.25) is 9.51 Å². The average Bonchev–Trinajstić information content (AvgIpc) is 3.48. The van der Waals surface area contributed by atoms with Crippen molar-refractivity contribution < 1.29 is 23.1 Å². The van der Waals surface area contributed by atoms with Crippen molar-refractivity contribution in [1.82, 2.24) is 19.7 Å². The molecule has 0 amide bonds. The number of methoxy groups -OCH3 is 2. The van der Waals surface area contributed by atoms with Crippen molar-refractivity contribution in [3.05, 3.63) is 105 Å². The fraction of sp³-hybridized carbons (Fsp3) is 0.207. The van der Waals surface area contributed by atoms with Crippen molar-refractivity contribution >= 4 is 22.2 Å². The van der Waals surface area contributed by atoms with Gasteiger partial charge in [-0.2, -0.15) is 0 Å². The third-order valence-electron chi connectivity index (χ3n) is 6.85. The fourth-order valence-corrected chi connectivity index (χ4v) is 5.10. The smallest absolute Gasteiger partial charge is 0.439 e. The van der Waals surface area contributed by atoms with Crippen LogP contribution in [0.3, 0.4) is 0 Å². The Morgan fingerprint density at radius 1 is 1.13 bits per heavy atom. The molecular formula is C29H25FN4O5. The molecule has 0 saturated carbocycles. The first-order valence-corrected chi connectivity index (χ1v) is 12.3. The maximum atomic E-state index is 14.2. The van der Waals surface area contributed by atoms with Crippen LogP contribution in [0.5, 0.6) is 11.5 Å². The second kappa shape index (κ2) is 9.88. The van der Waals surface area contributed by atoms with E-state index in [0.29, 0.717) is 35.9 Å². The summed E-state index contributed by atoms with van der Waals surface area (Å²) in [5.74, 6) is 1.14. The standard InChI is InChI=1S/C29H25FN4O5/c1-16(28-32-29(35)39-33-28)26-20-9-7-17(11-18(20)14-38-24-12-19(30)8-10-21(24)26)13-34-25(15-36-2)31-22-5-4-6-23(37-3)27(22)34/h4-12H,13-15H2,1-3H3,(H,32,33,35)/b26-16+. The first-order valence-electron chi connectivity index (χ1n) is 12.3. The van der Waals surface area contributed by atoms with E-state index >= 15 is 0 Å². The monoisotopic (exact) mass is 528 g/mol. The molecule has 3 heterocycles. The van der Waals surface area contributed by atoms with E-state index in [4.69, 9.17) is 23.7 Å². The van der Waals surface area contributed by atoms with Gasteiger partial charge in [0.15, 0.2) is 5.82 Å². The number of fused-ring (bicyclic) bond motifs is 3. The number of hydrogen-bond acceptors (Lipinski definition) is 7. The van der Waals surface area contributed by atoms with E-state index in [1.54, 1.807) is 20.3 Å². The summed E-state index contributed by atoms with van der Waals surface area (Å²) in [5, 5.41) is 3.88. The van der Waals surface area contributed by atoms with Crippen LogP contribution in [0.25, 0.3) is 22.2 Å². The van der Waals surface area contributed by atoms with Crippen LogP contribution >= 0.6 is 0 Å². The van der Waals surface area contributed by atoms with E-state index in [2.05, 4.69) is 20.8 Å². The van der Waals surface area contributed by atoms with Gasteiger partial charge in [-0.25, -0.2) is 14.2 Å². The number of nitrogens with one attached hydrogen (secondary N) is 1. The third-order valence-corrected chi connectivity index (χ3v) is 6.85. The molecule has 198 valence electrons. The number of aromatic amines is 1. The number of allylic oxidation sites excluding steroid dienone is 1. The highest BCUT2D eigenvalue weighted by Gasteiger charge is 2.24. The zero-order valence-electron chi connectivity index (χ0n) is 21.6. The Hall–Kier alpha value is -4.70. The van der Waals surface area contributed by atoms with Gasteiger partial charge in [-0.1, -0.05) is 23.4 Å². The lowest BCUT2D eigenvalue weighted by Gasteiger charge is -2.15. The molecule has 0 spiro atoms. The van der Waals surface area contributed by atoms with E-state index in [0.717, 1.165) is 44.9 Å². The molecule has 0 fully saturated rings. The highest BCUT2D eigenvalue weighted by atomic mass is 19.1. The molecule has 0 saturated heterocycles. The van der Waals surface area contributed by atoms with Gasteiger partial charge in [0.25, 0.3) is 0 Å². The number of halogens is 1. The van der Waals surface area contributed by atoms with Gasteiger partial charge >= 0.3 is 5.76 Å². The highest BCUT2D eigenvalue weighted by molar-refractivity contribution is 5.99. The third kappa shape index (κ3) is 4.38. The van der Waals surface area contributed by atoms with E-state index in [1.807, 2.05) is 37.3 Å². The molecule has 0 bridgehead atoms. The number of imidazole rings is 1. The molecule has 2 aromatic heterocycles. The fourth-order valence-electron chi connectivity index (χ4n) is 5.10. The van der Waals surface area contributed by atoms with Crippen molar-refractivity contribution in [3.63, 3.8) is 0 Å². The predicted molar refractivity (Wildman–Crippen MR) is 142 cm³/mol. The Kier molecular flexibility index (Phi) is 6.24. The normalized spacial score (nSPS) is 13.9. The zero-order valence-corrected chi connectivity index (χ0v) is 21.6. The lowest BCUT2D eigenvalue weighted by molar-refractivity contribution is 0.175. The summed E-state index contributed by atoms with van der Waals surface area (Å²) in [6, 6.07) is 16.3. The Bertz CT molecular complexity index is 1800. The van der Waals surface area contributed by atoms with Gasteiger partial charge in [0.05, 0.1) is 12.6 Å². The second-order valence-electron chi connectivity index (χ2n) is 9.24. The predicted octanol–water partition coefficient (Wildman–Crippen LogP) is 4.93. The summed E-state index contributed by atoms with van der Waals surface area (Å²) in [6.07, 6.45) is 0. The SMILES string of the molecule is COCc1nc2cccc(OC)c2n1Cc1ccc2c(c1)COc1cc(F)ccc1/C2=C(\C)c1noc(=O)[nH]1. The lowest BCUT2D eigenvalue weighted by Crippen LogP contribution is -2.08. The minimum Gasteiger partial charge on any atom is -0.494 e. The van der Waals surface area contributed by atoms with E-state index in [9.17, 15) is 9.18 Å². The quantitative estimate of drug-likeness (QED) is 0.333. The lowest BCUT2D eigenvalue weighted by atomic mass is 9.89. The number of benzene rings is 3. The molecule has 6 rings (SSSR count). The Balaban J connectivity index is 1.49. The van der Waals surface area contributed by atoms with Crippen LogP contribution in [0.2, 0.25) is 0 Å². The molecule has 5 aromatic rings. The van der Waals surface area contributed by atoms with E-state index in [-0.39, 0.29) is 6.61 Å². The topological polar surface area (TPSA) is 104 Å². The molecule has 1 N–H and O–H groups in total. The maximum absolute atomic E-state index is 14.2. The van der Waals surface area contributed by atoms with Crippen molar-refractivity contribution in [2.24, 2.45) is 0 Å². The van der Waals surface area contributed by atoms with Gasteiger partial charge in [0.2, 0.25) is 0 Å². The summed E-state index contributed by atoms with van der Waals surface area (Å²) in [4.78, 5) is 19.1. The molecule has 9 nitrogen and oxygen atoms in total. The van der Waals surface area contributed by atoms with Crippen molar-refractivity contribution in [3.8, 4) is 11.5 Å². The first-order chi connectivity index (χ1) is 19.0. The number of para-hydroxylation sites is 1. The molecule has 0 aliphatic carbocycles. The van der Waals surface area contributed by atoms with Crippen LogP contribution in [-0.2, 0) is 24.5 Å². The summed E-state index contributed by atoms with van der Waals surface area (Å²) < 4.78 is 38.2. The summed E-state index contributed by atoms with van der Waals surface area (Å²) >= 11 is 0. The minimum atomic E-state index is -0.653. The minimum absolute atomic E-state index is 0.227. The van der Waals surface area contributed by atoms with Crippen molar-refractivity contribution in [1.29, 1.82) is 0 Å². The van der Waals surface area contributed by atoms with Crippen LogP contribution in [-0.4, -0.2) is 33.9 Å². The number of ether oxygens (including phenoxy) is 3.